The summed E-state index contributed by atoms with van der Waals surface area (Å²) < 4.78 is 1.40. The van der Waals surface area contributed by atoms with Crippen LogP contribution in [0.2, 0.25) is 0 Å². The van der Waals surface area contributed by atoms with Crippen molar-refractivity contribution < 1.29 is 4.79 Å². The Morgan fingerprint density at radius 3 is 2.60 bits per heavy atom. The number of benzene rings is 1. The number of fused-ring (bicyclic) bond motifs is 1. The average molecular weight is 335 g/mol. The summed E-state index contributed by atoms with van der Waals surface area (Å²) in [6.07, 6.45) is 2.01. The van der Waals surface area contributed by atoms with Crippen molar-refractivity contribution in [1.82, 2.24) is 14.5 Å². The molecule has 2 aromatic heterocycles. The van der Waals surface area contributed by atoms with Crippen LogP contribution in [-0.2, 0) is 0 Å². The number of aryl methyl sites for hydroxylation is 1. The van der Waals surface area contributed by atoms with Gasteiger partial charge in [0.05, 0.1) is 16.6 Å². The van der Waals surface area contributed by atoms with E-state index >= 15 is 0 Å². The molecule has 1 aromatic carbocycles. The van der Waals surface area contributed by atoms with Crippen LogP contribution in [0.1, 0.15) is 40.4 Å². The van der Waals surface area contributed by atoms with Crippen LogP contribution in [0, 0.1) is 6.92 Å². The Kier molecular flexibility index (Phi) is 3.31. The molecule has 2 heterocycles. The fourth-order valence-electron chi connectivity index (χ4n) is 3.08. The summed E-state index contributed by atoms with van der Waals surface area (Å²) in [4.78, 5) is 33.1. The second kappa shape index (κ2) is 5.41. The Bertz CT molecular complexity index is 1080. The summed E-state index contributed by atoms with van der Waals surface area (Å²) in [5.74, 6) is -0.358. The van der Waals surface area contributed by atoms with Gasteiger partial charge in [-0.25, -0.2) is 14.3 Å². The number of hydrogen-bond donors (Lipinski definition) is 2. The van der Waals surface area contributed by atoms with Gasteiger partial charge in [-0.1, -0.05) is 18.2 Å². The van der Waals surface area contributed by atoms with Crippen LogP contribution in [-0.4, -0.2) is 20.4 Å². The first-order valence-electron chi connectivity index (χ1n) is 8.06. The van der Waals surface area contributed by atoms with E-state index < -0.39 is 11.6 Å². The highest BCUT2D eigenvalue weighted by Crippen LogP contribution is 2.40. The minimum atomic E-state index is -0.613. The Balaban J connectivity index is 2.18. The van der Waals surface area contributed by atoms with E-state index in [4.69, 9.17) is 11.5 Å². The molecule has 0 radical (unpaired) electrons. The van der Waals surface area contributed by atoms with Crippen molar-refractivity contribution >= 4 is 22.8 Å². The van der Waals surface area contributed by atoms with Crippen molar-refractivity contribution in [2.24, 2.45) is 5.73 Å². The van der Waals surface area contributed by atoms with Gasteiger partial charge in [-0.3, -0.25) is 4.79 Å². The van der Waals surface area contributed by atoms with Gasteiger partial charge in [0.1, 0.15) is 5.82 Å². The van der Waals surface area contributed by atoms with Gasteiger partial charge in [0.15, 0.2) is 5.65 Å². The third kappa shape index (κ3) is 2.44. The number of hydrogen-bond acceptors (Lipinski definition) is 5. The summed E-state index contributed by atoms with van der Waals surface area (Å²) in [6, 6.07) is 9.09. The van der Waals surface area contributed by atoms with Crippen molar-refractivity contribution in [2.75, 3.05) is 5.73 Å². The smallest absolute Gasteiger partial charge is 0.355 e. The lowest BCUT2D eigenvalue weighted by Crippen LogP contribution is -2.26. The molecule has 0 atom stereocenters. The van der Waals surface area contributed by atoms with Crippen molar-refractivity contribution in [2.45, 2.75) is 25.7 Å². The molecule has 4 N–H and O–H groups in total. The zero-order valence-electron chi connectivity index (χ0n) is 13.7. The number of aromatic nitrogens is 3. The predicted molar refractivity (Wildman–Crippen MR) is 94.8 cm³/mol. The molecule has 3 aromatic rings. The van der Waals surface area contributed by atoms with Gasteiger partial charge >= 0.3 is 5.69 Å². The third-order valence-corrected chi connectivity index (χ3v) is 4.51. The second-order valence-electron chi connectivity index (χ2n) is 6.33. The maximum atomic E-state index is 12.6. The molecule has 0 saturated heterocycles. The minimum absolute atomic E-state index is 0.0338. The quantitative estimate of drug-likeness (QED) is 0.754. The average Bonchev–Trinajstić information content (AvgIpc) is 3.40. The standard InChI is InChI=1S/C18H17N5O2/c1-9-4-2-3-5-13(9)23-17-14(15(19)22-18(23)25)11(16(20)24)8-12(21-17)10-6-7-10/h2-5,8,10H,6-7H2,1H3,(H2,20,24)(H2,19,22,25). The molecule has 1 fully saturated rings. The molecule has 1 aliphatic carbocycles. The topological polar surface area (TPSA) is 117 Å². The zero-order chi connectivity index (χ0) is 17.7. The van der Waals surface area contributed by atoms with Gasteiger partial charge in [0.2, 0.25) is 5.91 Å². The molecule has 126 valence electrons. The summed E-state index contributed by atoms with van der Waals surface area (Å²) >= 11 is 0. The number of para-hydroxylation sites is 1. The van der Waals surface area contributed by atoms with Crippen LogP contribution < -0.4 is 17.2 Å². The van der Waals surface area contributed by atoms with Gasteiger partial charge in [0.25, 0.3) is 0 Å². The van der Waals surface area contributed by atoms with Gasteiger partial charge in [-0.05, 0) is 37.5 Å². The number of carbonyl (C=O) groups excluding carboxylic acids is 1. The maximum absolute atomic E-state index is 12.6. The normalized spacial score (nSPS) is 14.0. The number of nitrogens with two attached hydrogens (primary N) is 2. The van der Waals surface area contributed by atoms with E-state index in [1.807, 2.05) is 31.2 Å². The first kappa shape index (κ1) is 15.3. The molecule has 0 spiro atoms. The van der Waals surface area contributed by atoms with Gasteiger partial charge in [-0.15, -0.1) is 0 Å². The Labute approximate surface area is 143 Å². The second-order valence-corrected chi connectivity index (χ2v) is 6.33. The van der Waals surface area contributed by atoms with Crippen molar-refractivity contribution in [3.8, 4) is 5.69 Å². The van der Waals surface area contributed by atoms with Gasteiger partial charge in [-0.2, -0.15) is 4.98 Å². The molecule has 0 unspecified atom stereocenters. The van der Waals surface area contributed by atoms with Crippen LogP contribution in [0.15, 0.2) is 35.1 Å². The molecule has 0 aliphatic heterocycles. The number of primary amides is 1. The van der Waals surface area contributed by atoms with Crippen LogP contribution in [0.3, 0.4) is 0 Å². The number of carbonyl (C=O) groups is 1. The molecule has 0 bridgehead atoms. The SMILES string of the molecule is Cc1ccccc1-n1c(=O)nc(N)c2c(C(N)=O)cc(C3CC3)nc21. The number of pyridine rings is 1. The molecular formula is C18H17N5O2. The van der Waals surface area contributed by atoms with E-state index in [-0.39, 0.29) is 17.3 Å². The maximum Gasteiger partial charge on any atom is 0.355 e. The molecule has 1 aliphatic rings. The lowest BCUT2D eigenvalue weighted by atomic mass is 10.1. The first-order chi connectivity index (χ1) is 12.0. The van der Waals surface area contributed by atoms with E-state index in [9.17, 15) is 9.59 Å². The minimum Gasteiger partial charge on any atom is -0.383 e. The Hall–Kier alpha value is -3.22. The molecule has 7 nitrogen and oxygen atoms in total. The van der Waals surface area contributed by atoms with Crippen molar-refractivity contribution in [3.05, 3.63) is 57.6 Å². The van der Waals surface area contributed by atoms with Crippen LogP contribution in [0.5, 0.6) is 0 Å². The highest BCUT2D eigenvalue weighted by atomic mass is 16.1. The Morgan fingerprint density at radius 2 is 1.96 bits per heavy atom. The van der Waals surface area contributed by atoms with E-state index in [0.717, 1.165) is 24.1 Å². The molecule has 1 saturated carbocycles. The largest absolute Gasteiger partial charge is 0.383 e. The lowest BCUT2D eigenvalue weighted by molar-refractivity contribution is 0.100. The molecular weight excluding hydrogens is 318 g/mol. The monoisotopic (exact) mass is 335 g/mol. The lowest BCUT2D eigenvalue weighted by Gasteiger charge is -2.15. The molecule has 7 heteroatoms. The number of nitrogen functional groups attached to an aromatic ring is 1. The van der Waals surface area contributed by atoms with E-state index in [0.29, 0.717) is 16.7 Å². The van der Waals surface area contributed by atoms with E-state index in [2.05, 4.69) is 9.97 Å². The number of rotatable bonds is 3. The molecule has 25 heavy (non-hydrogen) atoms. The summed E-state index contributed by atoms with van der Waals surface area (Å²) in [7, 11) is 0. The zero-order valence-corrected chi connectivity index (χ0v) is 13.7. The van der Waals surface area contributed by atoms with Crippen LogP contribution in [0.25, 0.3) is 16.7 Å². The number of nitrogens with zero attached hydrogens (tertiary/aromatic N) is 3. The summed E-state index contributed by atoms with van der Waals surface area (Å²) in [5.41, 5.74) is 13.8. The number of amides is 1. The van der Waals surface area contributed by atoms with Gasteiger partial charge in [0, 0.05) is 11.6 Å². The van der Waals surface area contributed by atoms with Crippen molar-refractivity contribution in [3.63, 3.8) is 0 Å². The van der Waals surface area contributed by atoms with Crippen LogP contribution >= 0.6 is 0 Å². The van der Waals surface area contributed by atoms with Crippen molar-refractivity contribution in [1.29, 1.82) is 0 Å². The van der Waals surface area contributed by atoms with Crippen LogP contribution in [0.4, 0.5) is 5.82 Å². The summed E-state index contributed by atoms with van der Waals surface area (Å²) in [5, 5.41) is 0.319. The fraction of sp³-hybridized carbons (Fsp3) is 0.222. The Morgan fingerprint density at radius 1 is 1.24 bits per heavy atom. The third-order valence-electron chi connectivity index (χ3n) is 4.51. The fourth-order valence-corrected chi connectivity index (χ4v) is 3.08. The van der Waals surface area contributed by atoms with Gasteiger partial charge < -0.3 is 11.5 Å². The van der Waals surface area contributed by atoms with E-state index in [1.54, 1.807) is 6.07 Å². The summed E-state index contributed by atoms with van der Waals surface area (Å²) in [6.45, 7) is 1.89. The molecule has 4 rings (SSSR count). The predicted octanol–water partition coefficient (Wildman–Crippen LogP) is 1.65. The van der Waals surface area contributed by atoms with E-state index in [1.165, 1.54) is 4.57 Å². The molecule has 1 amide bonds. The first-order valence-corrected chi connectivity index (χ1v) is 8.06. The highest BCUT2D eigenvalue weighted by molar-refractivity contribution is 6.08. The highest BCUT2D eigenvalue weighted by Gasteiger charge is 2.28. The number of anilines is 1.